The summed E-state index contributed by atoms with van der Waals surface area (Å²) >= 11 is 6.24. The molecule has 9 nitrogen and oxygen atoms in total. The first-order valence-electron chi connectivity index (χ1n) is 13.0. The summed E-state index contributed by atoms with van der Waals surface area (Å²) in [5.41, 5.74) is 3.90. The maximum atomic E-state index is 13.5. The van der Waals surface area contributed by atoms with Gasteiger partial charge in [0.2, 0.25) is 5.89 Å². The number of alkyl halides is 2. The van der Waals surface area contributed by atoms with Crippen LogP contribution in [0.3, 0.4) is 0 Å². The van der Waals surface area contributed by atoms with Gasteiger partial charge in [0, 0.05) is 22.5 Å². The molecule has 0 saturated heterocycles. The van der Waals surface area contributed by atoms with Crippen LogP contribution in [0.1, 0.15) is 62.3 Å². The van der Waals surface area contributed by atoms with E-state index in [9.17, 15) is 18.4 Å². The molecule has 4 rings (SSSR count). The van der Waals surface area contributed by atoms with Crippen LogP contribution in [0.4, 0.5) is 13.6 Å². The number of halogens is 3. The van der Waals surface area contributed by atoms with Crippen molar-refractivity contribution in [3.05, 3.63) is 64.5 Å². The molecule has 220 valence electrons. The zero-order chi connectivity index (χ0) is 29.9. The molecule has 0 radical (unpaired) electrons. The topological polar surface area (TPSA) is 126 Å². The summed E-state index contributed by atoms with van der Waals surface area (Å²) in [4.78, 5) is 29.9. The molecule has 3 aromatic rings. The lowest BCUT2D eigenvalue weighted by molar-refractivity contribution is -0.0707. The van der Waals surface area contributed by atoms with Gasteiger partial charge in [-0.05, 0) is 55.5 Å². The number of hydrogen-bond acceptors (Lipinski definition) is 7. The zero-order valence-corrected chi connectivity index (χ0v) is 23.9. The number of oxazole rings is 1. The third-order valence-corrected chi connectivity index (χ3v) is 7.36. The average Bonchev–Trinajstić information content (AvgIpc) is 3.61. The third kappa shape index (κ3) is 7.08. The standard InChI is InChI=1S/C29H32ClF2N3O6/c1-28(2,3)29(4,41-27(33)37)23-22(24(36)34-14-18-7-5-6-8-19(18)30)35-25(40-23)17-11-12-20(39-26(31)32)21(13-17)38-15-16-9-10-16/h5-8,11-13,16,26H,9-10,14-15H2,1-4H3,(H2,33,37)(H,34,36). The zero-order valence-electron chi connectivity index (χ0n) is 23.1. The van der Waals surface area contributed by atoms with E-state index in [1.54, 1.807) is 52.0 Å². The fourth-order valence-corrected chi connectivity index (χ4v) is 4.20. The molecule has 1 heterocycles. The van der Waals surface area contributed by atoms with Crippen molar-refractivity contribution in [3.8, 4) is 23.0 Å². The van der Waals surface area contributed by atoms with Gasteiger partial charge in [-0.2, -0.15) is 8.78 Å². The Balaban J connectivity index is 1.77. The number of carbonyl (C=O) groups excluding carboxylic acids is 2. The van der Waals surface area contributed by atoms with E-state index in [-0.39, 0.29) is 35.4 Å². The average molecular weight is 592 g/mol. The Morgan fingerprint density at radius 2 is 1.85 bits per heavy atom. The van der Waals surface area contributed by atoms with Crippen LogP contribution in [-0.4, -0.2) is 30.2 Å². The van der Waals surface area contributed by atoms with Crippen LogP contribution in [0, 0.1) is 11.3 Å². The molecule has 1 saturated carbocycles. The third-order valence-electron chi connectivity index (χ3n) is 6.99. The van der Waals surface area contributed by atoms with Crippen LogP contribution in [0.5, 0.6) is 11.5 Å². The lowest BCUT2D eigenvalue weighted by Gasteiger charge is -2.38. The molecular formula is C29H32ClF2N3O6. The van der Waals surface area contributed by atoms with Gasteiger partial charge < -0.3 is 29.7 Å². The highest BCUT2D eigenvalue weighted by Gasteiger charge is 2.49. The maximum absolute atomic E-state index is 13.5. The molecule has 41 heavy (non-hydrogen) atoms. The maximum Gasteiger partial charge on any atom is 0.405 e. The number of amides is 2. The van der Waals surface area contributed by atoms with E-state index in [2.05, 4.69) is 15.0 Å². The Bertz CT molecular complexity index is 1420. The van der Waals surface area contributed by atoms with Gasteiger partial charge in [0.15, 0.2) is 28.6 Å². The minimum Gasteiger partial charge on any atom is -0.489 e. The predicted octanol–water partition coefficient (Wildman–Crippen LogP) is 6.67. The van der Waals surface area contributed by atoms with Crippen molar-refractivity contribution in [2.45, 2.75) is 59.3 Å². The number of primary amides is 1. The van der Waals surface area contributed by atoms with E-state index in [0.717, 1.165) is 12.8 Å². The molecule has 2 aromatic carbocycles. The molecule has 0 aliphatic heterocycles. The second-order valence-electron chi connectivity index (χ2n) is 11.0. The van der Waals surface area contributed by atoms with Gasteiger partial charge in [-0.3, -0.25) is 4.79 Å². The van der Waals surface area contributed by atoms with Crippen LogP contribution in [0.25, 0.3) is 11.5 Å². The Hall–Kier alpha value is -3.86. The monoisotopic (exact) mass is 591 g/mol. The summed E-state index contributed by atoms with van der Waals surface area (Å²) in [6.07, 6.45) is 0.907. The summed E-state index contributed by atoms with van der Waals surface area (Å²) in [5, 5.41) is 3.24. The predicted molar refractivity (Wildman–Crippen MR) is 147 cm³/mol. The number of hydrogen-bond donors (Lipinski definition) is 2. The molecule has 0 bridgehead atoms. The quantitative estimate of drug-likeness (QED) is 0.255. The van der Waals surface area contributed by atoms with Crippen molar-refractivity contribution in [2.24, 2.45) is 17.1 Å². The fourth-order valence-electron chi connectivity index (χ4n) is 4.00. The van der Waals surface area contributed by atoms with Gasteiger partial charge in [-0.25, -0.2) is 9.78 Å². The number of nitrogens with zero attached hydrogens (tertiary/aromatic N) is 1. The van der Waals surface area contributed by atoms with E-state index in [1.807, 2.05) is 0 Å². The fraction of sp³-hybridized carbons (Fsp3) is 0.414. The normalized spacial score (nSPS) is 14.8. The summed E-state index contributed by atoms with van der Waals surface area (Å²) in [7, 11) is 0. The van der Waals surface area contributed by atoms with E-state index in [1.165, 1.54) is 18.2 Å². The minimum absolute atomic E-state index is 0.0358. The van der Waals surface area contributed by atoms with Crippen LogP contribution in [-0.2, 0) is 16.9 Å². The van der Waals surface area contributed by atoms with Crippen molar-refractivity contribution >= 4 is 23.6 Å². The molecule has 12 heteroatoms. The lowest BCUT2D eigenvalue weighted by Crippen LogP contribution is -2.44. The highest BCUT2D eigenvalue weighted by molar-refractivity contribution is 6.31. The molecule has 1 aliphatic rings. The van der Waals surface area contributed by atoms with Crippen LogP contribution in [0.15, 0.2) is 46.9 Å². The van der Waals surface area contributed by atoms with E-state index >= 15 is 0 Å². The van der Waals surface area contributed by atoms with E-state index in [4.69, 9.17) is 31.2 Å². The van der Waals surface area contributed by atoms with Crippen LogP contribution < -0.4 is 20.5 Å². The number of nitrogens with two attached hydrogens (primary N) is 1. The smallest absolute Gasteiger partial charge is 0.405 e. The molecule has 1 fully saturated rings. The number of rotatable bonds is 11. The van der Waals surface area contributed by atoms with Crippen molar-refractivity contribution < 1.29 is 37.0 Å². The summed E-state index contributed by atoms with van der Waals surface area (Å²) in [6.45, 7) is 4.28. The van der Waals surface area contributed by atoms with Crippen molar-refractivity contribution in [1.82, 2.24) is 10.3 Å². The molecule has 1 aromatic heterocycles. The van der Waals surface area contributed by atoms with Gasteiger partial charge >= 0.3 is 12.7 Å². The van der Waals surface area contributed by atoms with Gasteiger partial charge in [0.1, 0.15) is 0 Å². The summed E-state index contributed by atoms with van der Waals surface area (Å²) < 4.78 is 48.1. The summed E-state index contributed by atoms with van der Waals surface area (Å²) in [6, 6.07) is 11.2. The first kappa shape index (κ1) is 30.1. The SMILES string of the molecule is CC(C)(C)C(C)(OC(N)=O)c1oc(-c2ccc(OC(F)F)c(OCC3CC3)c2)nc1C(=O)NCc1ccccc1Cl. The van der Waals surface area contributed by atoms with Gasteiger partial charge in [0.25, 0.3) is 5.91 Å². The van der Waals surface area contributed by atoms with Crippen LogP contribution in [0.2, 0.25) is 5.02 Å². The first-order valence-corrected chi connectivity index (χ1v) is 13.4. The van der Waals surface area contributed by atoms with Crippen molar-refractivity contribution in [3.63, 3.8) is 0 Å². The molecule has 1 atom stereocenters. The highest BCUT2D eigenvalue weighted by Crippen LogP contribution is 2.45. The molecular weight excluding hydrogens is 560 g/mol. The van der Waals surface area contributed by atoms with Gasteiger partial charge in [-0.15, -0.1) is 0 Å². The Morgan fingerprint density at radius 1 is 1.15 bits per heavy atom. The summed E-state index contributed by atoms with van der Waals surface area (Å²) in [5.74, 6) is -0.439. The second kappa shape index (κ2) is 11.9. The van der Waals surface area contributed by atoms with E-state index in [0.29, 0.717) is 28.7 Å². The van der Waals surface area contributed by atoms with Gasteiger partial charge in [0.05, 0.1) is 6.61 Å². The Morgan fingerprint density at radius 3 is 2.46 bits per heavy atom. The lowest BCUT2D eigenvalue weighted by atomic mass is 9.75. The first-order chi connectivity index (χ1) is 19.3. The minimum atomic E-state index is -3.05. The Labute approximate surface area is 241 Å². The number of nitrogens with one attached hydrogen (secondary N) is 1. The molecule has 1 unspecified atom stereocenters. The molecule has 1 aliphatic carbocycles. The molecule has 3 N–H and O–H groups in total. The number of carbonyl (C=O) groups is 2. The number of benzene rings is 2. The Kier molecular flexibility index (Phi) is 8.77. The van der Waals surface area contributed by atoms with E-state index < -0.39 is 29.6 Å². The largest absolute Gasteiger partial charge is 0.489 e. The second-order valence-corrected chi connectivity index (χ2v) is 11.4. The number of aromatic nitrogens is 1. The molecule has 2 amide bonds. The van der Waals surface area contributed by atoms with Gasteiger partial charge in [-0.1, -0.05) is 50.6 Å². The highest BCUT2D eigenvalue weighted by atomic mass is 35.5. The molecule has 0 spiro atoms. The number of ether oxygens (including phenoxy) is 3. The van der Waals surface area contributed by atoms with Crippen LogP contribution >= 0.6 is 11.6 Å². The van der Waals surface area contributed by atoms with Crippen molar-refractivity contribution in [1.29, 1.82) is 0 Å². The van der Waals surface area contributed by atoms with Crippen molar-refractivity contribution in [2.75, 3.05) is 6.61 Å².